The van der Waals surface area contributed by atoms with Crippen LogP contribution in [0.5, 0.6) is 0 Å². The van der Waals surface area contributed by atoms with Gasteiger partial charge in [-0.15, -0.1) is 0 Å². The van der Waals surface area contributed by atoms with Gasteiger partial charge in [-0.05, 0) is 12.8 Å². The van der Waals surface area contributed by atoms with Crippen LogP contribution in [-0.4, -0.2) is 37.9 Å². The topological polar surface area (TPSA) is 18.5 Å². The Morgan fingerprint density at radius 1 is 1.30 bits per heavy atom. The van der Waals surface area contributed by atoms with Gasteiger partial charge in [-0.3, -0.25) is 0 Å². The summed E-state index contributed by atoms with van der Waals surface area (Å²) in [5.41, 5.74) is 1.42. The van der Waals surface area contributed by atoms with Gasteiger partial charge in [-0.25, -0.2) is 0 Å². The zero-order chi connectivity index (χ0) is 17.0. The van der Waals surface area contributed by atoms with E-state index in [9.17, 15) is 0 Å². The molecule has 0 amide bonds. The number of hydrogen-bond acceptors (Lipinski definition) is 2. The van der Waals surface area contributed by atoms with E-state index >= 15 is 0 Å². The fourth-order valence-corrected chi connectivity index (χ4v) is 4.21. The number of rotatable bonds is 9. The van der Waals surface area contributed by atoms with Gasteiger partial charge in [0.1, 0.15) is 0 Å². The van der Waals surface area contributed by atoms with Gasteiger partial charge in [-0.1, -0.05) is 0 Å². The van der Waals surface area contributed by atoms with E-state index in [4.69, 9.17) is 9.47 Å². The Balaban J connectivity index is 2.19. The maximum absolute atomic E-state index is 5.77. The molecule has 0 aliphatic carbocycles. The molecule has 0 aromatic rings. The molecule has 1 fully saturated rings. The van der Waals surface area contributed by atoms with Crippen molar-refractivity contribution in [1.29, 1.82) is 0 Å². The van der Waals surface area contributed by atoms with Crippen LogP contribution in [0.3, 0.4) is 0 Å². The molecule has 130 valence electrons. The van der Waals surface area contributed by atoms with Crippen LogP contribution in [0, 0.1) is 9.86 Å². The first kappa shape index (κ1) is 20.8. The van der Waals surface area contributed by atoms with Crippen LogP contribution < -0.4 is 0 Å². The first-order chi connectivity index (χ1) is 11.0. The van der Waals surface area contributed by atoms with E-state index in [1.54, 1.807) is 0 Å². The van der Waals surface area contributed by atoms with E-state index < -0.39 is 18.4 Å². The Morgan fingerprint density at radius 2 is 2.13 bits per heavy atom. The van der Waals surface area contributed by atoms with Crippen molar-refractivity contribution < 1.29 is 9.47 Å². The molecule has 0 aromatic carbocycles. The Hall–Kier alpha value is -0.241. The van der Waals surface area contributed by atoms with Crippen LogP contribution in [0.4, 0.5) is 0 Å². The summed E-state index contributed by atoms with van der Waals surface area (Å²) in [6.45, 7) is 5.53. The van der Waals surface area contributed by atoms with Crippen molar-refractivity contribution in [2.75, 3.05) is 13.2 Å². The van der Waals surface area contributed by atoms with Crippen LogP contribution in [-0.2, 0) is 9.47 Å². The number of unbranched alkanes of at least 4 members (excludes halogenated alkanes) is 2. The van der Waals surface area contributed by atoms with E-state index in [2.05, 4.69) is 37.3 Å². The van der Waals surface area contributed by atoms with Gasteiger partial charge < -0.3 is 0 Å². The summed E-state index contributed by atoms with van der Waals surface area (Å²) in [6, 6.07) is 0. The molecule has 0 aromatic heterocycles. The molecule has 0 saturated carbocycles. The van der Waals surface area contributed by atoms with E-state index in [0.29, 0.717) is 0 Å². The fourth-order valence-electron chi connectivity index (χ4n) is 2.45. The van der Waals surface area contributed by atoms with Crippen LogP contribution >= 0.6 is 0 Å². The third-order valence-corrected chi connectivity index (χ3v) is 6.30. The first-order valence-electron chi connectivity index (χ1n) is 9.03. The molecule has 1 rings (SSSR count). The standard InChI is InChI=1S/C17H25O2.3CH3.Sn/c1-3-10-16(11-4-2)12-6-5-8-14-18-17-13-7-9-15-19-17;;;;/h3,12,17H,1,5-11,13-15H2;3*1H3;/b16-12+;;;;. The third kappa shape index (κ3) is 11.9. The molecular weight excluding hydrogens is 391 g/mol. The van der Waals surface area contributed by atoms with E-state index in [0.717, 1.165) is 45.3 Å². The fraction of sp³-hybridized carbons (Fsp3) is 0.700. The molecule has 1 heterocycles. The molecule has 1 aliphatic rings. The Labute approximate surface area is 147 Å². The molecule has 2 nitrogen and oxygen atoms in total. The van der Waals surface area contributed by atoms with Crippen molar-refractivity contribution in [3.05, 3.63) is 24.3 Å². The number of ether oxygens (including phenoxy) is 2. The minimum atomic E-state index is -1.94. The van der Waals surface area contributed by atoms with E-state index in [1.165, 1.54) is 24.8 Å². The molecule has 1 aliphatic heterocycles. The van der Waals surface area contributed by atoms with Crippen molar-refractivity contribution in [3.63, 3.8) is 0 Å². The molecule has 0 N–H and O–H groups in total. The van der Waals surface area contributed by atoms with E-state index in [-0.39, 0.29) is 6.29 Å². The van der Waals surface area contributed by atoms with Crippen molar-refractivity contribution >= 4 is 18.4 Å². The Bertz CT molecular complexity index is 417. The van der Waals surface area contributed by atoms with Gasteiger partial charge in [0.2, 0.25) is 0 Å². The quantitative estimate of drug-likeness (QED) is 0.211. The summed E-state index contributed by atoms with van der Waals surface area (Å²) in [7, 11) is 0. The second-order valence-corrected chi connectivity index (χ2v) is 20.8. The molecule has 23 heavy (non-hydrogen) atoms. The summed E-state index contributed by atoms with van der Waals surface area (Å²) in [5, 5.41) is 0. The summed E-state index contributed by atoms with van der Waals surface area (Å²) >= 11 is -1.94. The summed E-state index contributed by atoms with van der Waals surface area (Å²) < 4.78 is 14.8. The van der Waals surface area contributed by atoms with Crippen LogP contribution in [0.1, 0.15) is 51.4 Å². The third-order valence-electron chi connectivity index (χ3n) is 3.66. The maximum atomic E-state index is 5.77. The van der Waals surface area contributed by atoms with Crippen molar-refractivity contribution in [2.24, 2.45) is 0 Å². The molecule has 0 radical (unpaired) electrons. The summed E-state index contributed by atoms with van der Waals surface area (Å²) in [4.78, 5) is 7.07. The second-order valence-electron chi connectivity index (χ2n) is 7.25. The molecule has 0 spiro atoms. The molecule has 3 heteroatoms. The van der Waals surface area contributed by atoms with Gasteiger partial charge in [0.25, 0.3) is 0 Å². The average Bonchev–Trinajstić information content (AvgIpc) is 2.50. The average molecular weight is 425 g/mol. The normalized spacial score (nSPS) is 19.1. The molecule has 1 saturated heterocycles. The molecule has 0 bridgehead atoms. The number of allylic oxidation sites excluding steroid dienone is 3. The summed E-state index contributed by atoms with van der Waals surface area (Å²) in [5.74, 6) is 3.39. The monoisotopic (exact) mass is 426 g/mol. The molecule has 1 unspecified atom stereocenters. The van der Waals surface area contributed by atoms with E-state index in [1.807, 2.05) is 6.08 Å². The summed E-state index contributed by atoms with van der Waals surface area (Å²) in [6.07, 6.45) is 13.1. The van der Waals surface area contributed by atoms with Gasteiger partial charge in [0.05, 0.1) is 0 Å². The number of hydrogen-bond donors (Lipinski definition) is 0. The minimum absolute atomic E-state index is 0.0505. The zero-order valence-corrected chi connectivity index (χ0v) is 18.2. The Morgan fingerprint density at radius 3 is 2.78 bits per heavy atom. The van der Waals surface area contributed by atoms with Crippen molar-refractivity contribution in [2.45, 2.75) is 72.5 Å². The van der Waals surface area contributed by atoms with Crippen molar-refractivity contribution in [3.8, 4) is 9.86 Å². The van der Waals surface area contributed by atoms with Gasteiger partial charge in [0, 0.05) is 6.61 Å². The molecular formula is C20H34O2Sn. The molecule has 1 atom stereocenters. The van der Waals surface area contributed by atoms with Gasteiger partial charge in [0.15, 0.2) is 0 Å². The van der Waals surface area contributed by atoms with Gasteiger partial charge >= 0.3 is 128 Å². The van der Waals surface area contributed by atoms with Crippen molar-refractivity contribution in [1.82, 2.24) is 0 Å². The predicted molar refractivity (Wildman–Crippen MR) is 102 cm³/mol. The SMILES string of the molecule is C=CC/C(=C\CCCCOC1CCCCO1)CC#[C][Sn]([CH3])([CH3])[CH3]. The zero-order valence-electron chi connectivity index (χ0n) is 15.3. The predicted octanol–water partition coefficient (Wildman–Crippen LogP) is 5.47. The van der Waals surface area contributed by atoms with Crippen LogP contribution in [0.15, 0.2) is 24.3 Å². The van der Waals surface area contributed by atoms with Crippen LogP contribution in [0.25, 0.3) is 0 Å². The second kappa shape index (κ2) is 12.2. The first-order valence-corrected chi connectivity index (χ1v) is 19.0. The Kier molecular flexibility index (Phi) is 11.0. The van der Waals surface area contributed by atoms with Gasteiger partial charge in [-0.2, -0.15) is 0 Å². The van der Waals surface area contributed by atoms with Crippen LogP contribution in [0.2, 0.25) is 14.8 Å².